The van der Waals surface area contributed by atoms with Gasteiger partial charge in [0.15, 0.2) is 0 Å². The fourth-order valence-electron chi connectivity index (χ4n) is 1.86. The number of ether oxygens (including phenoxy) is 1. The summed E-state index contributed by atoms with van der Waals surface area (Å²) in [4.78, 5) is 0. The molecule has 1 rings (SSSR count). The molecule has 1 aromatic carbocycles. The molecule has 0 bridgehead atoms. The highest BCUT2D eigenvalue weighted by atomic mass is 16.5. The maximum absolute atomic E-state index is 5.39. The summed E-state index contributed by atoms with van der Waals surface area (Å²) in [5.74, 6) is 6.92. The van der Waals surface area contributed by atoms with E-state index in [2.05, 4.69) is 30.1 Å². The van der Waals surface area contributed by atoms with Gasteiger partial charge in [-0.15, -0.1) is 11.8 Å². The van der Waals surface area contributed by atoms with E-state index >= 15 is 0 Å². The fourth-order valence-corrected chi connectivity index (χ4v) is 1.86. The van der Waals surface area contributed by atoms with Crippen LogP contribution in [0, 0.1) is 11.8 Å². The number of methoxy groups -OCH3 is 1. The SMILES string of the molecule is CC#CCCNC(CC)c1ccccc1OC. The van der Waals surface area contributed by atoms with Gasteiger partial charge >= 0.3 is 0 Å². The highest BCUT2D eigenvalue weighted by Crippen LogP contribution is 2.26. The van der Waals surface area contributed by atoms with Gasteiger partial charge in [0.25, 0.3) is 0 Å². The predicted molar refractivity (Wildman–Crippen MR) is 72.1 cm³/mol. The van der Waals surface area contributed by atoms with Crippen LogP contribution < -0.4 is 10.1 Å². The first-order valence-corrected chi connectivity index (χ1v) is 6.09. The van der Waals surface area contributed by atoms with Gasteiger partial charge in [0.2, 0.25) is 0 Å². The van der Waals surface area contributed by atoms with Crippen LogP contribution in [-0.2, 0) is 0 Å². The van der Waals surface area contributed by atoms with Crippen LogP contribution in [0.1, 0.15) is 38.3 Å². The van der Waals surface area contributed by atoms with Gasteiger partial charge in [0, 0.05) is 24.6 Å². The third-order valence-electron chi connectivity index (χ3n) is 2.74. The van der Waals surface area contributed by atoms with Crippen molar-refractivity contribution in [3.8, 4) is 17.6 Å². The van der Waals surface area contributed by atoms with Crippen molar-refractivity contribution in [1.29, 1.82) is 0 Å². The monoisotopic (exact) mass is 231 g/mol. The van der Waals surface area contributed by atoms with Crippen molar-refractivity contribution in [2.24, 2.45) is 0 Å². The Bertz CT molecular complexity index is 389. The number of nitrogens with one attached hydrogen (secondary N) is 1. The van der Waals surface area contributed by atoms with E-state index in [-0.39, 0.29) is 0 Å². The zero-order chi connectivity index (χ0) is 12.5. The summed E-state index contributed by atoms with van der Waals surface area (Å²) >= 11 is 0. The van der Waals surface area contributed by atoms with E-state index in [9.17, 15) is 0 Å². The molecule has 1 aromatic rings. The first kappa shape index (κ1) is 13.6. The molecule has 0 aromatic heterocycles. The molecule has 0 fully saturated rings. The lowest BCUT2D eigenvalue weighted by atomic mass is 10.0. The predicted octanol–water partition coefficient (Wildman–Crippen LogP) is 3.15. The van der Waals surface area contributed by atoms with Crippen LogP contribution in [0.15, 0.2) is 24.3 Å². The molecular formula is C15H21NO. The molecule has 0 aliphatic carbocycles. The van der Waals surface area contributed by atoms with E-state index in [4.69, 9.17) is 4.74 Å². The number of rotatable bonds is 6. The van der Waals surface area contributed by atoms with Crippen molar-refractivity contribution >= 4 is 0 Å². The van der Waals surface area contributed by atoms with Crippen molar-refractivity contribution in [3.63, 3.8) is 0 Å². The molecule has 0 amide bonds. The first-order valence-electron chi connectivity index (χ1n) is 6.09. The summed E-state index contributed by atoms with van der Waals surface area (Å²) in [6, 6.07) is 8.51. The summed E-state index contributed by atoms with van der Waals surface area (Å²) in [6.07, 6.45) is 1.93. The minimum absolute atomic E-state index is 0.338. The molecule has 0 spiro atoms. The quantitative estimate of drug-likeness (QED) is 0.600. The normalized spacial score (nSPS) is 11.5. The van der Waals surface area contributed by atoms with E-state index in [0.29, 0.717) is 6.04 Å². The summed E-state index contributed by atoms with van der Waals surface area (Å²) in [7, 11) is 1.72. The Balaban J connectivity index is 2.67. The zero-order valence-electron chi connectivity index (χ0n) is 10.9. The van der Waals surface area contributed by atoms with Gasteiger partial charge in [-0.1, -0.05) is 25.1 Å². The van der Waals surface area contributed by atoms with Crippen LogP contribution in [0.5, 0.6) is 5.75 Å². The third-order valence-corrected chi connectivity index (χ3v) is 2.74. The number of hydrogen-bond acceptors (Lipinski definition) is 2. The van der Waals surface area contributed by atoms with Gasteiger partial charge in [0.05, 0.1) is 7.11 Å². The topological polar surface area (TPSA) is 21.3 Å². The van der Waals surface area contributed by atoms with Crippen LogP contribution >= 0.6 is 0 Å². The lowest BCUT2D eigenvalue weighted by molar-refractivity contribution is 0.397. The van der Waals surface area contributed by atoms with E-state index in [1.54, 1.807) is 7.11 Å². The van der Waals surface area contributed by atoms with E-state index < -0.39 is 0 Å². The van der Waals surface area contributed by atoms with E-state index in [1.165, 1.54) is 5.56 Å². The molecule has 17 heavy (non-hydrogen) atoms. The smallest absolute Gasteiger partial charge is 0.123 e. The first-order chi connectivity index (χ1) is 8.33. The Morgan fingerprint density at radius 2 is 2.12 bits per heavy atom. The average Bonchev–Trinajstić information content (AvgIpc) is 2.39. The van der Waals surface area contributed by atoms with Crippen molar-refractivity contribution < 1.29 is 4.74 Å². The molecule has 1 N–H and O–H groups in total. The summed E-state index contributed by atoms with van der Waals surface area (Å²) < 4.78 is 5.39. The Morgan fingerprint density at radius 1 is 1.35 bits per heavy atom. The van der Waals surface area contributed by atoms with Gasteiger partial charge in [-0.25, -0.2) is 0 Å². The minimum atomic E-state index is 0.338. The van der Waals surface area contributed by atoms with Crippen LogP contribution in [0.4, 0.5) is 0 Å². The molecule has 0 aliphatic heterocycles. The zero-order valence-corrected chi connectivity index (χ0v) is 10.9. The van der Waals surface area contributed by atoms with Gasteiger partial charge in [-0.2, -0.15) is 0 Å². The lowest BCUT2D eigenvalue weighted by Crippen LogP contribution is -2.22. The van der Waals surface area contributed by atoms with Crippen LogP contribution in [-0.4, -0.2) is 13.7 Å². The van der Waals surface area contributed by atoms with Crippen molar-refractivity contribution in [3.05, 3.63) is 29.8 Å². The molecule has 1 atom stereocenters. The van der Waals surface area contributed by atoms with E-state index in [0.717, 1.165) is 25.1 Å². The van der Waals surface area contributed by atoms with Gasteiger partial charge in [-0.05, 0) is 19.4 Å². The van der Waals surface area contributed by atoms with Gasteiger partial charge in [0.1, 0.15) is 5.75 Å². The maximum atomic E-state index is 5.39. The lowest BCUT2D eigenvalue weighted by Gasteiger charge is -2.19. The standard InChI is InChI=1S/C15H21NO/c1-4-6-9-12-16-14(5-2)13-10-7-8-11-15(13)17-3/h7-8,10-11,14,16H,5,9,12H2,1-3H3. The van der Waals surface area contributed by atoms with Crippen LogP contribution in [0.3, 0.4) is 0 Å². The Kier molecular flexibility index (Phi) is 6.21. The van der Waals surface area contributed by atoms with Crippen molar-refractivity contribution in [2.75, 3.05) is 13.7 Å². The second-order valence-corrected chi connectivity index (χ2v) is 3.83. The molecular weight excluding hydrogens is 210 g/mol. The third kappa shape index (κ3) is 4.13. The van der Waals surface area contributed by atoms with Gasteiger partial charge in [-0.3, -0.25) is 0 Å². The Labute approximate surface area is 104 Å². The van der Waals surface area contributed by atoms with E-state index in [1.807, 2.05) is 25.1 Å². The van der Waals surface area contributed by atoms with Crippen molar-refractivity contribution in [1.82, 2.24) is 5.32 Å². The molecule has 2 heteroatoms. The second kappa shape index (κ2) is 7.76. The number of benzene rings is 1. The molecule has 0 heterocycles. The fraction of sp³-hybridized carbons (Fsp3) is 0.467. The van der Waals surface area contributed by atoms with Gasteiger partial charge < -0.3 is 10.1 Å². The molecule has 0 radical (unpaired) electrons. The molecule has 92 valence electrons. The Hall–Kier alpha value is -1.46. The molecule has 0 saturated heterocycles. The summed E-state index contributed by atoms with van der Waals surface area (Å²) in [6.45, 7) is 4.96. The highest BCUT2D eigenvalue weighted by molar-refractivity contribution is 5.35. The number of hydrogen-bond donors (Lipinski definition) is 1. The maximum Gasteiger partial charge on any atom is 0.123 e. The molecule has 2 nitrogen and oxygen atoms in total. The van der Waals surface area contributed by atoms with Crippen molar-refractivity contribution in [2.45, 2.75) is 32.7 Å². The van der Waals surface area contributed by atoms with Crippen LogP contribution in [0.25, 0.3) is 0 Å². The minimum Gasteiger partial charge on any atom is -0.496 e. The Morgan fingerprint density at radius 3 is 2.76 bits per heavy atom. The van der Waals surface area contributed by atoms with Crippen LogP contribution in [0.2, 0.25) is 0 Å². The summed E-state index contributed by atoms with van der Waals surface area (Å²) in [5.41, 5.74) is 1.22. The highest BCUT2D eigenvalue weighted by Gasteiger charge is 2.12. The number of para-hydroxylation sites is 1. The summed E-state index contributed by atoms with van der Waals surface area (Å²) in [5, 5.41) is 3.51. The molecule has 1 unspecified atom stereocenters. The largest absolute Gasteiger partial charge is 0.496 e. The average molecular weight is 231 g/mol. The molecule has 0 saturated carbocycles. The molecule has 0 aliphatic rings. The second-order valence-electron chi connectivity index (χ2n) is 3.83.